The maximum Gasteiger partial charge on any atom is 0.119 e. The molecule has 1 fully saturated rings. The van der Waals surface area contributed by atoms with Crippen molar-refractivity contribution >= 4 is 15.9 Å². The van der Waals surface area contributed by atoms with Crippen molar-refractivity contribution in [2.45, 2.75) is 42.8 Å². The van der Waals surface area contributed by atoms with Gasteiger partial charge in [-0.3, -0.25) is 0 Å². The number of hydrogen-bond donors (Lipinski definition) is 0. The van der Waals surface area contributed by atoms with Crippen LogP contribution in [0.5, 0.6) is 5.75 Å². The zero-order chi connectivity index (χ0) is 11.4. The van der Waals surface area contributed by atoms with E-state index >= 15 is 0 Å². The quantitative estimate of drug-likeness (QED) is 0.573. The average molecular weight is 283 g/mol. The average Bonchev–Trinajstić information content (AvgIpc) is 2.54. The predicted octanol–water partition coefficient (Wildman–Crippen LogP) is 4.51. The molecule has 2 heteroatoms. The fourth-order valence-corrected chi connectivity index (χ4v) is 3.40. The highest BCUT2D eigenvalue weighted by molar-refractivity contribution is 9.09. The van der Waals surface area contributed by atoms with Gasteiger partial charge in [0.1, 0.15) is 5.75 Å². The lowest BCUT2D eigenvalue weighted by molar-refractivity contribution is 0.413. The molecule has 2 atom stereocenters. The molecule has 16 heavy (non-hydrogen) atoms. The van der Waals surface area contributed by atoms with Crippen molar-refractivity contribution in [3.8, 4) is 5.75 Å². The van der Waals surface area contributed by atoms with Crippen LogP contribution in [-0.4, -0.2) is 11.9 Å². The van der Waals surface area contributed by atoms with Crippen LogP contribution in [0.1, 0.15) is 43.6 Å². The van der Waals surface area contributed by atoms with Crippen molar-refractivity contribution in [2.24, 2.45) is 0 Å². The molecule has 0 heterocycles. The highest BCUT2D eigenvalue weighted by atomic mass is 79.9. The maximum atomic E-state index is 5.30. The second kappa shape index (κ2) is 5.72. The van der Waals surface area contributed by atoms with Gasteiger partial charge in [-0.1, -0.05) is 47.3 Å². The first kappa shape index (κ1) is 12.0. The molecule has 1 aliphatic carbocycles. The molecule has 0 aliphatic heterocycles. The Bertz CT molecular complexity index is 337. The van der Waals surface area contributed by atoms with Crippen LogP contribution in [0.15, 0.2) is 24.3 Å². The molecule has 0 radical (unpaired) electrons. The van der Waals surface area contributed by atoms with Gasteiger partial charge in [-0.2, -0.15) is 0 Å². The molecule has 0 spiro atoms. The van der Waals surface area contributed by atoms with Crippen molar-refractivity contribution in [3.05, 3.63) is 29.8 Å². The molecule has 1 nitrogen and oxygen atoms in total. The second-order valence-electron chi connectivity index (χ2n) is 4.54. The summed E-state index contributed by atoms with van der Waals surface area (Å²) in [6.07, 6.45) is 6.67. The molecule has 88 valence electrons. The van der Waals surface area contributed by atoms with E-state index < -0.39 is 0 Å². The van der Waals surface area contributed by atoms with Crippen LogP contribution in [0.25, 0.3) is 0 Å². The monoisotopic (exact) mass is 282 g/mol. The van der Waals surface area contributed by atoms with Gasteiger partial charge in [-0.15, -0.1) is 0 Å². The van der Waals surface area contributed by atoms with E-state index in [2.05, 4.69) is 34.1 Å². The van der Waals surface area contributed by atoms with Crippen LogP contribution in [-0.2, 0) is 0 Å². The first-order valence-corrected chi connectivity index (χ1v) is 7.01. The van der Waals surface area contributed by atoms with E-state index in [1.54, 1.807) is 7.11 Å². The molecular weight excluding hydrogens is 264 g/mol. The van der Waals surface area contributed by atoms with Gasteiger partial charge in [0.2, 0.25) is 0 Å². The highest BCUT2D eigenvalue weighted by Gasteiger charge is 2.22. The molecule has 1 aliphatic rings. The fraction of sp³-hybridized carbons (Fsp3) is 0.571. The Kier molecular flexibility index (Phi) is 4.28. The van der Waals surface area contributed by atoms with Gasteiger partial charge in [0.25, 0.3) is 0 Å². The van der Waals surface area contributed by atoms with Gasteiger partial charge in [0, 0.05) is 4.83 Å². The normalized spacial score (nSPS) is 26.1. The Balaban J connectivity index is 2.19. The number of benzene rings is 1. The van der Waals surface area contributed by atoms with E-state index in [4.69, 9.17) is 4.74 Å². The molecule has 1 saturated carbocycles. The van der Waals surface area contributed by atoms with Crippen molar-refractivity contribution in [3.63, 3.8) is 0 Å². The Morgan fingerprint density at radius 2 is 2.00 bits per heavy atom. The molecule has 0 aromatic heterocycles. The third-order valence-electron chi connectivity index (χ3n) is 3.45. The molecule has 0 bridgehead atoms. The molecule has 1 aromatic rings. The summed E-state index contributed by atoms with van der Waals surface area (Å²) in [4.78, 5) is 0.627. The van der Waals surface area contributed by atoms with Gasteiger partial charge in [-0.05, 0) is 36.5 Å². The van der Waals surface area contributed by atoms with Crippen molar-refractivity contribution in [1.82, 2.24) is 0 Å². The lowest BCUT2D eigenvalue weighted by Gasteiger charge is -2.20. The standard InChI is InChI=1S/C14H19BrO/c1-16-12-7-5-6-11(10-12)13-8-3-2-4-9-14(13)15/h5-7,10,13-14H,2-4,8-9H2,1H3. The number of alkyl halides is 1. The van der Waals surface area contributed by atoms with Gasteiger partial charge in [-0.25, -0.2) is 0 Å². The third-order valence-corrected chi connectivity index (χ3v) is 4.55. The minimum Gasteiger partial charge on any atom is -0.497 e. The SMILES string of the molecule is COc1cccc(C2CCCCCC2Br)c1. The minimum absolute atomic E-state index is 0.627. The second-order valence-corrected chi connectivity index (χ2v) is 5.71. The van der Waals surface area contributed by atoms with Crippen molar-refractivity contribution < 1.29 is 4.74 Å². The largest absolute Gasteiger partial charge is 0.497 e. The Morgan fingerprint density at radius 1 is 1.19 bits per heavy atom. The van der Waals surface area contributed by atoms with Crippen molar-refractivity contribution in [2.75, 3.05) is 7.11 Å². The molecule has 2 rings (SSSR count). The van der Waals surface area contributed by atoms with E-state index in [1.165, 1.54) is 37.7 Å². The summed E-state index contributed by atoms with van der Waals surface area (Å²) in [6, 6.07) is 8.53. The highest BCUT2D eigenvalue weighted by Crippen LogP contribution is 2.37. The van der Waals surface area contributed by atoms with E-state index in [1.807, 2.05) is 6.07 Å². The van der Waals surface area contributed by atoms with Gasteiger partial charge in [0.05, 0.1) is 7.11 Å². The molecule has 2 unspecified atom stereocenters. The zero-order valence-electron chi connectivity index (χ0n) is 9.79. The summed E-state index contributed by atoms with van der Waals surface area (Å²) in [5.41, 5.74) is 1.42. The summed E-state index contributed by atoms with van der Waals surface area (Å²) < 4.78 is 5.30. The van der Waals surface area contributed by atoms with E-state index in [9.17, 15) is 0 Å². The van der Waals surface area contributed by atoms with Crippen molar-refractivity contribution in [1.29, 1.82) is 0 Å². The van der Waals surface area contributed by atoms with Crippen LogP contribution in [0.3, 0.4) is 0 Å². The van der Waals surface area contributed by atoms with E-state index in [-0.39, 0.29) is 0 Å². The molecule has 0 N–H and O–H groups in total. The lowest BCUT2D eigenvalue weighted by atomic mass is 9.91. The van der Waals surface area contributed by atoms with Crippen LogP contribution in [0.4, 0.5) is 0 Å². The Labute approximate surface area is 106 Å². The zero-order valence-corrected chi connectivity index (χ0v) is 11.4. The Hall–Kier alpha value is -0.500. The van der Waals surface area contributed by atoms with Crippen LogP contribution >= 0.6 is 15.9 Å². The minimum atomic E-state index is 0.627. The van der Waals surface area contributed by atoms with E-state index in [0.29, 0.717) is 10.7 Å². The number of ether oxygens (including phenoxy) is 1. The topological polar surface area (TPSA) is 9.23 Å². The van der Waals surface area contributed by atoms with Crippen LogP contribution in [0, 0.1) is 0 Å². The predicted molar refractivity (Wildman–Crippen MR) is 71.5 cm³/mol. The molecule has 0 amide bonds. The number of hydrogen-bond acceptors (Lipinski definition) is 1. The first-order chi connectivity index (χ1) is 7.81. The first-order valence-electron chi connectivity index (χ1n) is 6.09. The summed E-state index contributed by atoms with van der Waals surface area (Å²) in [6.45, 7) is 0. The number of halogens is 1. The number of rotatable bonds is 2. The third kappa shape index (κ3) is 2.79. The molecule has 0 saturated heterocycles. The Morgan fingerprint density at radius 3 is 2.81 bits per heavy atom. The maximum absolute atomic E-state index is 5.30. The number of methoxy groups -OCH3 is 1. The van der Waals surface area contributed by atoms with Gasteiger partial charge in [0.15, 0.2) is 0 Å². The summed E-state index contributed by atoms with van der Waals surface area (Å²) >= 11 is 3.85. The van der Waals surface area contributed by atoms with E-state index in [0.717, 1.165) is 5.75 Å². The van der Waals surface area contributed by atoms with Gasteiger partial charge < -0.3 is 4.74 Å². The van der Waals surface area contributed by atoms with Crippen LogP contribution < -0.4 is 4.74 Å². The molecule has 1 aromatic carbocycles. The summed E-state index contributed by atoms with van der Waals surface area (Å²) in [5.74, 6) is 1.62. The smallest absolute Gasteiger partial charge is 0.119 e. The van der Waals surface area contributed by atoms with Crippen LogP contribution in [0.2, 0.25) is 0 Å². The summed E-state index contributed by atoms with van der Waals surface area (Å²) in [7, 11) is 1.73. The lowest BCUT2D eigenvalue weighted by Crippen LogP contribution is -2.10. The van der Waals surface area contributed by atoms with Gasteiger partial charge >= 0.3 is 0 Å². The summed E-state index contributed by atoms with van der Waals surface area (Å²) in [5, 5.41) is 0. The molecular formula is C14H19BrO. The fourth-order valence-electron chi connectivity index (χ4n) is 2.51.